The van der Waals surface area contributed by atoms with Crippen LogP contribution in [-0.4, -0.2) is 17.0 Å². The van der Waals surface area contributed by atoms with Crippen LogP contribution in [0.4, 0.5) is 0 Å². The smallest absolute Gasteiger partial charge is 0.303 e. The Hall–Kier alpha value is -1.52. The van der Waals surface area contributed by atoms with E-state index in [-0.39, 0.29) is 12.3 Å². The van der Waals surface area contributed by atoms with Crippen molar-refractivity contribution >= 4 is 11.9 Å². The van der Waals surface area contributed by atoms with Crippen LogP contribution in [0.2, 0.25) is 0 Å². The summed E-state index contributed by atoms with van der Waals surface area (Å²) in [7, 11) is 0. The number of carbonyl (C=O) groups is 2. The second-order valence-corrected chi connectivity index (χ2v) is 2.50. The summed E-state index contributed by atoms with van der Waals surface area (Å²) in [5, 5.41) is 8.35. The Morgan fingerprint density at radius 2 is 2.33 bits per heavy atom. The first-order valence-electron chi connectivity index (χ1n) is 3.64. The van der Waals surface area contributed by atoms with E-state index in [0.717, 1.165) is 5.70 Å². The number of carboxylic acids is 1. The van der Waals surface area contributed by atoms with Crippen molar-refractivity contribution in [2.24, 2.45) is 0 Å². The zero-order valence-corrected chi connectivity index (χ0v) is 6.46. The van der Waals surface area contributed by atoms with Crippen LogP contribution in [0.3, 0.4) is 0 Å². The fourth-order valence-electron chi connectivity index (χ4n) is 0.874. The molecule has 1 heterocycles. The molecule has 1 aliphatic heterocycles. The van der Waals surface area contributed by atoms with E-state index in [0.29, 0.717) is 12.8 Å². The number of carbonyl (C=O) groups excluding carboxylic acids is 1. The minimum atomic E-state index is -0.838. The number of nitrogens with one attached hydrogen (secondary N) is 2. The van der Waals surface area contributed by atoms with Crippen molar-refractivity contribution < 1.29 is 14.7 Å². The minimum absolute atomic E-state index is 0.0781. The third kappa shape index (κ3) is 2.61. The summed E-state index contributed by atoms with van der Waals surface area (Å²) in [4.78, 5) is 20.8. The Kier molecular flexibility index (Phi) is 2.68. The van der Waals surface area contributed by atoms with Gasteiger partial charge in [-0.2, -0.15) is 0 Å². The van der Waals surface area contributed by atoms with Crippen LogP contribution >= 0.6 is 0 Å². The normalized spacial score (nSPS) is 16.0. The zero-order valence-electron chi connectivity index (χ0n) is 6.46. The second kappa shape index (κ2) is 3.75. The number of hydrogen-bond donors (Lipinski definition) is 3. The summed E-state index contributed by atoms with van der Waals surface area (Å²) in [5.41, 5.74) is 5.79. The van der Waals surface area contributed by atoms with Crippen LogP contribution < -0.4 is 10.9 Å². The molecule has 1 aliphatic rings. The van der Waals surface area contributed by atoms with Gasteiger partial charge in [-0.15, -0.1) is 0 Å². The van der Waals surface area contributed by atoms with Gasteiger partial charge in [0.25, 0.3) is 0 Å². The highest BCUT2D eigenvalue weighted by Crippen LogP contribution is 2.04. The van der Waals surface area contributed by atoms with Gasteiger partial charge in [0.05, 0.1) is 6.42 Å². The molecule has 0 aromatic heterocycles. The third-order valence-electron chi connectivity index (χ3n) is 1.50. The van der Waals surface area contributed by atoms with Gasteiger partial charge in [0.2, 0.25) is 5.91 Å². The summed E-state index contributed by atoms with van der Waals surface area (Å²) in [5.74, 6) is -0.941. The van der Waals surface area contributed by atoms with Gasteiger partial charge in [0.1, 0.15) is 0 Å². The molecule has 1 rings (SSSR count). The van der Waals surface area contributed by atoms with Crippen LogP contribution in [0.1, 0.15) is 19.3 Å². The quantitative estimate of drug-likeness (QED) is 0.546. The fraction of sp³-hybridized carbons (Fsp3) is 0.429. The Bertz CT molecular complexity index is 235. The van der Waals surface area contributed by atoms with Crippen molar-refractivity contribution in [2.45, 2.75) is 19.3 Å². The van der Waals surface area contributed by atoms with Gasteiger partial charge < -0.3 is 10.5 Å². The Morgan fingerprint density at radius 1 is 1.58 bits per heavy atom. The zero-order chi connectivity index (χ0) is 8.97. The summed E-state index contributed by atoms with van der Waals surface area (Å²) in [6, 6.07) is 0. The molecule has 0 atom stereocenters. The molecule has 5 heteroatoms. The number of amides is 1. The highest BCUT2D eigenvalue weighted by molar-refractivity contribution is 5.78. The van der Waals surface area contributed by atoms with Crippen LogP contribution in [0.5, 0.6) is 0 Å². The monoisotopic (exact) mass is 170 g/mol. The maximum atomic E-state index is 10.6. The third-order valence-corrected chi connectivity index (χ3v) is 1.50. The first-order chi connectivity index (χ1) is 5.68. The number of carboxylic acid groups (broad SMARTS) is 1. The van der Waals surface area contributed by atoms with Crippen LogP contribution in [-0.2, 0) is 9.59 Å². The van der Waals surface area contributed by atoms with Gasteiger partial charge in [-0.25, -0.2) is 0 Å². The lowest BCUT2D eigenvalue weighted by molar-refractivity contribution is -0.136. The molecule has 0 radical (unpaired) electrons. The molecule has 5 nitrogen and oxygen atoms in total. The van der Waals surface area contributed by atoms with E-state index in [2.05, 4.69) is 10.9 Å². The van der Waals surface area contributed by atoms with Crippen LogP contribution in [0.25, 0.3) is 0 Å². The number of hydrogen-bond acceptors (Lipinski definition) is 3. The molecule has 66 valence electrons. The van der Waals surface area contributed by atoms with E-state index in [1.807, 2.05) is 0 Å². The summed E-state index contributed by atoms with van der Waals surface area (Å²) in [6.07, 6.45) is 2.52. The molecule has 0 fully saturated rings. The molecule has 0 spiro atoms. The van der Waals surface area contributed by atoms with E-state index in [1.54, 1.807) is 6.08 Å². The highest BCUT2D eigenvalue weighted by atomic mass is 16.4. The SMILES string of the molecule is O=C(O)CCC1=CCC(=O)NN1. The van der Waals surface area contributed by atoms with Crippen molar-refractivity contribution in [3.05, 3.63) is 11.8 Å². The molecule has 0 saturated heterocycles. The average molecular weight is 170 g/mol. The maximum absolute atomic E-state index is 10.6. The number of allylic oxidation sites excluding steroid dienone is 1. The van der Waals surface area contributed by atoms with Crippen LogP contribution in [0.15, 0.2) is 11.8 Å². The summed E-state index contributed by atoms with van der Waals surface area (Å²) >= 11 is 0. The summed E-state index contributed by atoms with van der Waals surface area (Å²) < 4.78 is 0. The Morgan fingerprint density at radius 3 is 2.83 bits per heavy atom. The largest absolute Gasteiger partial charge is 0.481 e. The Labute approximate surface area is 69.4 Å². The molecular weight excluding hydrogens is 160 g/mol. The van der Waals surface area contributed by atoms with Crippen molar-refractivity contribution in [3.63, 3.8) is 0 Å². The molecule has 0 aliphatic carbocycles. The van der Waals surface area contributed by atoms with Crippen molar-refractivity contribution in [3.8, 4) is 0 Å². The molecule has 0 aromatic rings. The minimum Gasteiger partial charge on any atom is -0.481 e. The predicted octanol–water partition coefficient (Wildman–Crippen LogP) is -0.240. The van der Waals surface area contributed by atoms with Crippen molar-refractivity contribution in [1.82, 2.24) is 10.9 Å². The number of rotatable bonds is 3. The van der Waals surface area contributed by atoms with Gasteiger partial charge in [-0.3, -0.25) is 15.0 Å². The molecule has 0 saturated carbocycles. The maximum Gasteiger partial charge on any atom is 0.303 e. The average Bonchev–Trinajstić information content (AvgIpc) is 2.03. The first-order valence-corrected chi connectivity index (χ1v) is 3.64. The molecule has 3 N–H and O–H groups in total. The van der Waals surface area contributed by atoms with E-state index < -0.39 is 5.97 Å². The van der Waals surface area contributed by atoms with Gasteiger partial charge in [0, 0.05) is 12.1 Å². The van der Waals surface area contributed by atoms with Gasteiger partial charge in [-0.1, -0.05) is 6.08 Å². The van der Waals surface area contributed by atoms with E-state index in [1.165, 1.54) is 0 Å². The van der Waals surface area contributed by atoms with Gasteiger partial charge in [-0.05, 0) is 6.42 Å². The lowest BCUT2D eigenvalue weighted by Crippen LogP contribution is -2.39. The lowest BCUT2D eigenvalue weighted by atomic mass is 10.2. The highest BCUT2D eigenvalue weighted by Gasteiger charge is 2.08. The predicted molar refractivity (Wildman–Crippen MR) is 40.8 cm³/mol. The molecule has 12 heavy (non-hydrogen) atoms. The Balaban J connectivity index is 2.33. The number of aliphatic carboxylic acids is 1. The molecular formula is C7H10N2O3. The second-order valence-electron chi connectivity index (χ2n) is 2.50. The standard InChI is InChI=1S/C7H10N2O3/c10-6-3-1-5(8-9-6)2-4-7(11)12/h1,8H,2-4H2,(H,9,10)(H,11,12). The van der Waals surface area contributed by atoms with Crippen molar-refractivity contribution in [2.75, 3.05) is 0 Å². The topological polar surface area (TPSA) is 78.4 Å². The van der Waals surface area contributed by atoms with Gasteiger partial charge in [0.15, 0.2) is 0 Å². The first kappa shape index (κ1) is 8.58. The lowest BCUT2D eigenvalue weighted by Gasteiger charge is -2.15. The van der Waals surface area contributed by atoms with E-state index in [9.17, 15) is 9.59 Å². The molecule has 0 aromatic carbocycles. The fourth-order valence-corrected chi connectivity index (χ4v) is 0.874. The summed E-state index contributed by atoms with van der Waals surface area (Å²) in [6.45, 7) is 0. The number of hydrazine groups is 1. The van der Waals surface area contributed by atoms with Crippen LogP contribution in [0, 0.1) is 0 Å². The van der Waals surface area contributed by atoms with E-state index >= 15 is 0 Å². The van der Waals surface area contributed by atoms with Crippen molar-refractivity contribution in [1.29, 1.82) is 0 Å². The van der Waals surface area contributed by atoms with E-state index in [4.69, 9.17) is 5.11 Å². The molecule has 1 amide bonds. The molecule has 0 unspecified atom stereocenters. The van der Waals surface area contributed by atoms with Gasteiger partial charge >= 0.3 is 5.97 Å². The molecule has 0 bridgehead atoms.